The Balaban J connectivity index is 1.67. The molecule has 0 radical (unpaired) electrons. The summed E-state index contributed by atoms with van der Waals surface area (Å²) in [5.74, 6) is -0.00860. The minimum absolute atomic E-state index is 0.0290. The van der Waals surface area contributed by atoms with Crippen molar-refractivity contribution in [1.29, 1.82) is 0 Å². The lowest BCUT2D eigenvalue weighted by molar-refractivity contribution is -0.134. The molecule has 3 rings (SSSR count). The Morgan fingerprint density at radius 3 is 2.72 bits per heavy atom. The van der Waals surface area contributed by atoms with Crippen LogP contribution in [0.2, 0.25) is 0 Å². The van der Waals surface area contributed by atoms with Crippen LogP contribution in [0.3, 0.4) is 0 Å². The number of aromatic nitrogens is 1. The van der Waals surface area contributed by atoms with Crippen LogP contribution in [-0.2, 0) is 16.0 Å². The molecule has 1 N–H and O–H groups in total. The molecule has 25 heavy (non-hydrogen) atoms. The van der Waals surface area contributed by atoms with E-state index < -0.39 is 0 Å². The summed E-state index contributed by atoms with van der Waals surface area (Å²) in [5.41, 5.74) is 0.664. The number of likely N-dealkylation sites (tertiary alicyclic amines) is 1. The van der Waals surface area contributed by atoms with Gasteiger partial charge in [-0.3, -0.25) is 14.4 Å². The number of thiazole rings is 1. The van der Waals surface area contributed by atoms with E-state index in [9.17, 15) is 14.4 Å². The summed E-state index contributed by atoms with van der Waals surface area (Å²) >= 11 is 1.23. The number of rotatable bonds is 5. The van der Waals surface area contributed by atoms with Crippen LogP contribution in [0.25, 0.3) is 0 Å². The van der Waals surface area contributed by atoms with Gasteiger partial charge in [-0.2, -0.15) is 0 Å². The molecular weight excluding hydrogens is 338 g/mol. The van der Waals surface area contributed by atoms with E-state index in [4.69, 9.17) is 0 Å². The SMILES string of the molecule is CC[C@H](C)CC(=O)Nc1nc2c(s1)C(=O)C[C@H](C(=O)N1CCCC1)C2. The van der Waals surface area contributed by atoms with Crippen LogP contribution in [-0.4, -0.2) is 40.6 Å². The first-order valence-corrected chi connectivity index (χ1v) is 9.91. The van der Waals surface area contributed by atoms with Crippen molar-refractivity contribution in [2.75, 3.05) is 18.4 Å². The second-order valence-electron chi connectivity index (χ2n) is 7.12. The molecule has 0 saturated carbocycles. The van der Waals surface area contributed by atoms with Crippen LogP contribution in [0.5, 0.6) is 0 Å². The van der Waals surface area contributed by atoms with Gasteiger partial charge >= 0.3 is 0 Å². The van der Waals surface area contributed by atoms with Crippen molar-refractivity contribution >= 4 is 34.1 Å². The third kappa shape index (κ3) is 4.08. The topological polar surface area (TPSA) is 79.4 Å². The van der Waals surface area contributed by atoms with Gasteiger partial charge in [-0.15, -0.1) is 0 Å². The van der Waals surface area contributed by atoms with Crippen molar-refractivity contribution in [2.45, 2.75) is 52.4 Å². The van der Waals surface area contributed by atoms with Crippen LogP contribution < -0.4 is 5.32 Å². The van der Waals surface area contributed by atoms with Crippen molar-refractivity contribution < 1.29 is 14.4 Å². The number of amides is 2. The highest BCUT2D eigenvalue weighted by Gasteiger charge is 2.35. The van der Waals surface area contributed by atoms with E-state index in [1.807, 2.05) is 11.8 Å². The summed E-state index contributed by atoms with van der Waals surface area (Å²) in [7, 11) is 0. The Kier molecular flexibility index (Phi) is 5.51. The maximum Gasteiger partial charge on any atom is 0.226 e. The minimum atomic E-state index is -0.302. The van der Waals surface area contributed by atoms with Crippen molar-refractivity contribution in [3.05, 3.63) is 10.6 Å². The second-order valence-corrected chi connectivity index (χ2v) is 8.12. The lowest BCUT2D eigenvalue weighted by atomic mass is 9.89. The number of nitrogens with one attached hydrogen (secondary N) is 1. The van der Waals surface area contributed by atoms with Crippen molar-refractivity contribution in [2.24, 2.45) is 11.8 Å². The summed E-state index contributed by atoms with van der Waals surface area (Å²) in [6.45, 7) is 5.68. The number of anilines is 1. The minimum Gasteiger partial charge on any atom is -0.342 e. The van der Waals surface area contributed by atoms with E-state index in [1.165, 1.54) is 11.3 Å². The lowest BCUT2D eigenvalue weighted by Crippen LogP contribution is -2.37. The molecule has 136 valence electrons. The standard InChI is InChI=1S/C18H25N3O3S/c1-3-11(2)8-15(23)20-18-19-13-9-12(10-14(22)16(13)25-18)17(24)21-6-4-5-7-21/h11-12H,3-10H2,1-2H3,(H,19,20,23)/t11-,12+/m0/s1. The highest BCUT2D eigenvalue weighted by atomic mass is 32.1. The van der Waals surface area contributed by atoms with E-state index in [0.29, 0.717) is 34.5 Å². The second kappa shape index (κ2) is 7.64. The van der Waals surface area contributed by atoms with Crippen molar-refractivity contribution in [3.63, 3.8) is 0 Å². The normalized spacial score (nSPS) is 21.1. The molecule has 2 amide bonds. The van der Waals surface area contributed by atoms with Crippen LogP contribution in [0, 0.1) is 11.8 Å². The molecule has 1 aliphatic carbocycles. The maximum atomic E-state index is 12.6. The highest BCUT2D eigenvalue weighted by molar-refractivity contribution is 7.17. The third-order valence-corrected chi connectivity index (χ3v) is 6.12. The molecule has 1 aromatic rings. The number of Topliss-reactive ketones (excluding diaryl/α,β-unsaturated/α-hetero) is 1. The smallest absolute Gasteiger partial charge is 0.226 e. The zero-order valence-corrected chi connectivity index (χ0v) is 15.7. The summed E-state index contributed by atoms with van der Waals surface area (Å²) < 4.78 is 0. The van der Waals surface area contributed by atoms with Gasteiger partial charge in [-0.25, -0.2) is 4.98 Å². The van der Waals surface area contributed by atoms with Crippen LogP contribution in [0.1, 0.15) is 61.3 Å². The predicted octanol–water partition coefficient (Wildman–Crippen LogP) is 2.89. The Labute approximate surface area is 152 Å². The molecule has 6 nitrogen and oxygen atoms in total. The summed E-state index contributed by atoms with van der Waals surface area (Å²) in [6, 6.07) is 0. The summed E-state index contributed by atoms with van der Waals surface area (Å²) in [5, 5.41) is 3.28. The molecule has 2 aliphatic rings. The molecule has 2 atom stereocenters. The average Bonchev–Trinajstić information content (AvgIpc) is 3.23. The van der Waals surface area contributed by atoms with E-state index in [1.54, 1.807) is 0 Å². The molecule has 1 fully saturated rings. The first-order valence-electron chi connectivity index (χ1n) is 9.09. The van der Waals surface area contributed by atoms with E-state index in [0.717, 1.165) is 32.4 Å². The van der Waals surface area contributed by atoms with Crippen LogP contribution >= 0.6 is 11.3 Å². The molecule has 1 aliphatic heterocycles. The molecule has 1 aromatic heterocycles. The maximum absolute atomic E-state index is 12.6. The first kappa shape index (κ1) is 18.0. The van der Waals surface area contributed by atoms with Gasteiger partial charge in [0.25, 0.3) is 0 Å². The zero-order valence-electron chi connectivity index (χ0n) is 14.8. The molecule has 0 bridgehead atoms. The van der Waals surface area contributed by atoms with Crippen LogP contribution in [0.15, 0.2) is 0 Å². The molecule has 2 heterocycles. The first-order chi connectivity index (χ1) is 12.0. The monoisotopic (exact) mass is 363 g/mol. The van der Waals surface area contributed by atoms with Crippen molar-refractivity contribution in [1.82, 2.24) is 9.88 Å². The number of fused-ring (bicyclic) bond motifs is 1. The molecule has 0 aromatic carbocycles. The largest absolute Gasteiger partial charge is 0.342 e. The Hall–Kier alpha value is -1.76. The van der Waals surface area contributed by atoms with Gasteiger partial charge in [0, 0.05) is 32.4 Å². The summed E-state index contributed by atoms with van der Waals surface area (Å²) in [6.07, 6.45) is 4.23. The number of hydrogen-bond acceptors (Lipinski definition) is 5. The van der Waals surface area contributed by atoms with E-state index >= 15 is 0 Å². The fourth-order valence-corrected chi connectivity index (χ4v) is 4.34. The quantitative estimate of drug-likeness (QED) is 0.872. The fraction of sp³-hybridized carbons (Fsp3) is 0.667. The Morgan fingerprint density at radius 1 is 1.32 bits per heavy atom. The predicted molar refractivity (Wildman–Crippen MR) is 96.8 cm³/mol. The van der Waals surface area contributed by atoms with Crippen LogP contribution in [0.4, 0.5) is 5.13 Å². The third-order valence-electron chi connectivity index (χ3n) is 5.07. The Morgan fingerprint density at radius 2 is 2.04 bits per heavy atom. The molecular formula is C18H25N3O3S. The molecule has 1 saturated heterocycles. The molecule has 0 spiro atoms. The van der Waals surface area contributed by atoms with E-state index in [2.05, 4.69) is 17.2 Å². The zero-order chi connectivity index (χ0) is 18.0. The fourth-order valence-electron chi connectivity index (χ4n) is 3.38. The van der Waals surface area contributed by atoms with E-state index in [-0.39, 0.29) is 29.9 Å². The van der Waals surface area contributed by atoms with Gasteiger partial charge in [-0.1, -0.05) is 31.6 Å². The number of nitrogens with zero attached hydrogens (tertiary/aromatic N) is 2. The van der Waals surface area contributed by atoms with Gasteiger partial charge < -0.3 is 10.2 Å². The number of ketones is 1. The molecule has 7 heteroatoms. The lowest BCUT2D eigenvalue weighted by Gasteiger charge is -2.24. The van der Waals surface area contributed by atoms with Crippen molar-refractivity contribution in [3.8, 4) is 0 Å². The number of carbonyl (C=O) groups excluding carboxylic acids is 3. The number of carbonyl (C=O) groups is 3. The van der Waals surface area contributed by atoms with Gasteiger partial charge in [0.2, 0.25) is 11.8 Å². The Bertz CT molecular complexity index is 679. The number of hydrogen-bond donors (Lipinski definition) is 1. The molecule has 0 unspecified atom stereocenters. The summed E-state index contributed by atoms with van der Waals surface area (Å²) in [4.78, 5) is 43.9. The highest BCUT2D eigenvalue weighted by Crippen LogP contribution is 2.33. The van der Waals surface area contributed by atoms with Gasteiger partial charge in [0.05, 0.1) is 16.5 Å². The average molecular weight is 363 g/mol. The van der Waals surface area contributed by atoms with Gasteiger partial charge in [-0.05, 0) is 18.8 Å². The van der Waals surface area contributed by atoms with Gasteiger partial charge in [0.15, 0.2) is 10.9 Å². The van der Waals surface area contributed by atoms with Gasteiger partial charge in [0.1, 0.15) is 0 Å².